The van der Waals surface area contributed by atoms with Crippen molar-refractivity contribution in [3.63, 3.8) is 0 Å². The Kier molecular flexibility index (Phi) is 13.9. The maximum Gasteiger partial charge on any atom is 0.596 e. The zero-order valence-corrected chi connectivity index (χ0v) is 31.2. The van der Waals surface area contributed by atoms with Crippen LogP contribution >= 0.6 is 15.6 Å². The molecule has 0 atom stereocenters. The van der Waals surface area contributed by atoms with Crippen molar-refractivity contribution < 1.29 is 52.7 Å². The minimum atomic E-state index is -5.26. The Bertz CT molecular complexity index is 1290. The van der Waals surface area contributed by atoms with E-state index in [1.54, 1.807) is 12.1 Å². The zero-order valence-electron chi connectivity index (χ0n) is 29.4. The summed E-state index contributed by atoms with van der Waals surface area (Å²) in [5, 5.41) is 34.0. The Morgan fingerprint density at radius 2 is 0.848 bits per heavy atom. The van der Waals surface area contributed by atoms with Crippen LogP contribution in [0.1, 0.15) is 105 Å². The molecule has 0 aliphatic carbocycles. The molecule has 0 fully saturated rings. The van der Waals surface area contributed by atoms with Crippen molar-refractivity contribution in [3.8, 4) is 11.5 Å². The number of aliphatic hydroxyl groups excluding tert-OH is 4. The Balaban J connectivity index is 0.00000102. The van der Waals surface area contributed by atoms with Crippen LogP contribution in [-0.4, -0.2) is 56.6 Å². The quantitative estimate of drug-likeness (QED) is 0.150. The number of benzene rings is 2. The van der Waals surface area contributed by atoms with Crippen LogP contribution in [0.5, 0.6) is 11.5 Å². The maximum absolute atomic E-state index is 13.9. The Hall–Kier alpha value is -1.78. The van der Waals surface area contributed by atoms with E-state index >= 15 is 0 Å². The van der Waals surface area contributed by atoms with Gasteiger partial charge in [-0.3, -0.25) is 0 Å². The summed E-state index contributed by atoms with van der Waals surface area (Å²) in [5.41, 5.74) is 1.18. The minimum Gasteiger partial charge on any atom is -0.396 e. The first-order valence-electron chi connectivity index (χ1n) is 15.1. The highest BCUT2D eigenvalue weighted by molar-refractivity contribution is 7.61. The molecule has 2 aromatic rings. The smallest absolute Gasteiger partial charge is 0.396 e. The summed E-state index contributed by atoms with van der Waals surface area (Å²) in [5.74, 6) is 0.335. The summed E-state index contributed by atoms with van der Waals surface area (Å²) in [6.07, 6.45) is 0. The number of hydrogen-bond acceptors (Lipinski definition) is 9. The van der Waals surface area contributed by atoms with Gasteiger partial charge in [0.25, 0.3) is 0 Å². The van der Waals surface area contributed by atoms with Gasteiger partial charge in [-0.2, -0.15) is 4.31 Å². The lowest BCUT2D eigenvalue weighted by molar-refractivity contribution is -0.0328. The van der Waals surface area contributed by atoms with Crippen molar-refractivity contribution in [1.29, 1.82) is 0 Å². The highest BCUT2D eigenvalue weighted by atomic mass is 31.3. The highest BCUT2D eigenvalue weighted by Crippen LogP contribution is 2.62. The van der Waals surface area contributed by atoms with E-state index in [1.807, 2.05) is 65.8 Å². The van der Waals surface area contributed by atoms with Crippen molar-refractivity contribution in [2.75, 3.05) is 26.4 Å². The predicted octanol–water partition coefficient (Wildman–Crippen LogP) is 6.49. The van der Waals surface area contributed by atoms with Crippen molar-refractivity contribution in [2.24, 2.45) is 5.41 Å². The van der Waals surface area contributed by atoms with E-state index < -0.39 is 58.3 Å². The number of phosphoric acid groups is 2. The van der Waals surface area contributed by atoms with Gasteiger partial charge in [0.1, 0.15) is 11.5 Å². The molecule has 0 radical (unpaired) electrons. The molecule has 0 aromatic heterocycles. The van der Waals surface area contributed by atoms with Crippen LogP contribution in [0, 0.1) is 5.41 Å². The number of rotatable bonds is 10. The number of hydrogen-bond donors (Lipinski definition) is 6. The molecule has 264 valence electrons. The Labute approximate surface area is 274 Å². The SMILES string of the molecule is CC(C)(C)c1ccc(OP(=O)(Oc2ccc(C(C)(C)C)cc2C(C)(C)C)OP(=O)(O)O)c(C(C)(C)C)c1.OCC(CO)(CO)CO. The van der Waals surface area contributed by atoms with E-state index in [9.17, 15) is 18.9 Å². The Morgan fingerprint density at radius 1 is 0.543 bits per heavy atom. The van der Waals surface area contributed by atoms with Crippen molar-refractivity contribution in [1.82, 2.24) is 0 Å². The standard InChI is InChI=1S/C28H44O7P2.C5H12O4/c1-25(2,3)19-13-15-23(21(17-19)27(7,8)9)33-37(32,35-36(29,30)31)34-24-16-14-20(26(4,5)6)18-22(24)28(10,11)12;6-1-5(2-7,3-8)4-9/h13-18H,1-12H3,(H2,29,30,31);6-9H,1-4H2. The lowest BCUT2D eigenvalue weighted by Gasteiger charge is -2.30. The molecule has 0 spiro atoms. The lowest BCUT2D eigenvalue weighted by atomic mass is 9.80. The summed E-state index contributed by atoms with van der Waals surface area (Å²) in [6.45, 7) is 22.7. The predicted molar refractivity (Wildman–Crippen MR) is 180 cm³/mol. The van der Waals surface area contributed by atoms with E-state index in [0.717, 1.165) is 11.1 Å². The molecule has 0 aliphatic rings. The van der Waals surface area contributed by atoms with Crippen LogP contribution < -0.4 is 9.05 Å². The molecule has 13 heteroatoms. The van der Waals surface area contributed by atoms with Gasteiger partial charge in [-0.25, -0.2) is 9.13 Å². The summed E-state index contributed by atoms with van der Waals surface area (Å²) < 4.78 is 42.2. The van der Waals surface area contributed by atoms with Gasteiger partial charge < -0.3 is 39.3 Å². The molecule has 0 saturated heterocycles. The fourth-order valence-electron chi connectivity index (χ4n) is 4.05. The molecule has 2 aromatic carbocycles. The molecular weight excluding hydrogens is 634 g/mol. The monoisotopic (exact) mass is 690 g/mol. The number of phosphoric ester groups is 1. The van der Waals surface area contributed by atoms with E-state index in [4.69, 9.17) is 33.8 Å². The van der Waals surface area contributed by atoms with Gasteiger partial charge in [-0.1, -0.05) is 107 Å². The van der Waals surface area contributed by atoms with Gasteiger partial charge in [-0.15, -0.1) is 0 Å². The van der Waals surface area contributed by atoms with Crippen LogP contribution in [0.2, 0.25) is 0 Å². The molecule has 0 amide bonds. The van der Waals surface area contributed by atoms with Crippen LogP contribution in [0.4, 0.5) is 0 Å². The third-order valence-electron chi connectivity index (χ3n) is 7.28. The summed E-state index contributed by atoms with van der Waals surface area (Å²) in [4.78, 5) is 19.3. The van der Waals surface area contributed by atoms with E-state index in [2.05, 4.69) is 41.5 Å². The second kappa shape index (κ2) is 15.2. The van der Waals surface area contributed by atoms with E-state index in [-0.39, 0.29) is 22.3 Å². The fourth-order valence-corrected chi connectivity index (χ4v) is 6.19. The summed E-state index contributed by atoms with van der Waals surface area (Å²) >= 11 is 0. The second-order valence-electron chi connectivity index (χ2n) is 15.8. The molecule has 6 N–H and O–H groups in total. The van der Waals surface area contributed by atoms with E-state index in [1.165, 1.54) is 0 Å². The molecule has 0 unspecified atom stereocenters. The highest BCUT2D eigenvalue weighted by Gasteiger charge is 2.42. The van der Waals surface area contributed by atoms with Gasteiger partial charge >= 0.3 is 15.6 Å². The molecular formula is C33H56O11P2. The Morgan fingerprint density at radius 3 is 1.04 bits per heavy atom. The van der Waals surface area contributed by atoms with Gasteiger partial charge in [0.15, 0.2) is 0 Å². The normalized spacial score (nSPS) is 13.6. The third kappa shape index (κ3) is 12.3. The van der Waals surface area contributed by atoms with Gasteiger partial charge in [0.2, 0.25) is 0 Å². The van der Waals surface area contributed by atoms with Crippen molar-refractivity contribution in [3.05, 3.63) is 58.7 Å². The van der Waals surface area contributed by atoms with Crippen LogP contribution in [0.3, 0.4) is 0 Å². The van der Waals surface area contributed by atoms with E-state index in [0.29, 0.717) is 11.1 Å². The topological polar surface area (TPSA) is 183 Å². The first kappa shape index (κ1) is 42.2. The molecule has 0 heterocycles. The maximum atomic E-state index is 13.9. The summed E-state index contributed by atoms with van der Waals surface area (Å²) in [6, 6.07) is 10.9. The van der Waals surface area contributed by atoms with Crippen molar-refractivity contribution in [2.45, 2.75) is 105 Å². The first-order valence-corrected chi connectivity index (χ1v) is 18.0. The summed E-state index contributed by atoms with van der Waals surface area (Å²) in [7, 11) is -10.1. The third-order valence-corrected chi connectivity index (χ3v) is 9.77. The van der Waals surface area contributed by atoms with Crippen molar-refractivity contribution >= 4 is 15.6 Å². The zero-order chi connectivity index (χ0) is 36.2. The minimum absolute atomic E-state index is 0.155. The fraction of sp³-hybridized carbons (Fsp3) is 0.636. The van der Waals surface area contributed by atoms with Crippen LogP contribution in [0.25, 0.3) is 0 Å². The molecule has 0 bridgehead atoms. The number of aliphatic hydroxyl groups is 4. The molecule has 2 rings (SSSR count). The first-order chi connectivity index (χ1) is 20.6. The van der Waals surface area contributed by atoms with Gasteiger partial charge in [0, 0.05) is 11.1 Å². The van der Waals surface area contributed by atoms with Crippen LogP contribution in [-0.2, 0) is 35.1 Å². The van der Waals surface area contributed by atoms with Gasteiger partial charge in [-0.05, 0) is 44.9 Å². The van der Waals surface area contributed by atoms with Crippen LogP contribution in [0.15, 0.2) is 36.4 Å². The molecule has 11 nitrogen and oxygen atoms in total. The average Bonchev–Trinajstić information content (AvgIpc) is 2.87. The lowest BCUT2D eigenvalue weighted by Crippen LogP contribution is -2.37. The average molecular weight is 691 g/mol. The van der Waals surface area contributed by atoms with Gasteiger partial charge in [0.05, 0.1) is 31.8 Å². The second-order valence-corrected chi connectivity index (χ2v) is 18.7. The molecule has 0 aliphatic heterocycles. The molecule has 0 saturated carbocycles. The largest absolute Gasteiger partial charge is 0.596 e. The molecule has 46 heavy (non-hydrogen) atoms.